The fourth-order valence-electron chi connectivity index (χ4n) is 3.38. The van der Waals surface area contributed by atoms with Gasteiger partial charge in [0.1, 0.15) is 11.5 Å². The van der Waals surface area contributed by atoms with Crippen LogP contribution >= 0.6 is 0 Å². The summed E-state index contributed by atoms with van der Waals surface area (Å²) in [5.41, 5.74) is 2.10. The smallest absolute Gasteiger partial charge is 0.172 e. The van der Waals surface area contributed by atoms with E-state index in [1.54, 1.807) is 0 Å². The van der Waals surface area contributed by atoms with Crippen molar-refractivity contribution in [2.75, 3.05) is 19.8 Å². The Bertz CT molecular complexity index is 856. The van der Waals surface area contributed by atoms with Gasteiger partial charge in [0.15, 0.2) is 17.3 Å². The lowest BCUT2D eigenvalue weighted by Gasteiger charge is -2.24. The Morgan fingerprint density at radius 3 is 2.10 bits per heavy atom. The number of rotatable bonds is 13. The zero-order chi connectivity index (χ0) is 21.9. The molecule has 0 radical (unpaired) electrons. The Balaban J connectivity index is 1.90. The number of para-hydroxylation sites is 1. The average molecular weight is 425 g/mol. The molecule has 2 aromatic carbocycles. The minimum atomic E-state index is 0.673. The maximum atomic E-state index is 6.34. The number of ether oxygens (including phenoxy) is 4. The van der Waals surface area contributed by atoms with Crippen molar-refractivity contribution >= 4 is 5.76 Å². The molecule has 4 nitrogen and oxygen atoms in total. The van der Waals surface area contributed by atoms with Crippen LogP contribution in [0.15, 0.2) is 48.2 Å². The van der Waals surface area contributed by atoms with E-state index in [2.05, 4.69) is 26.8 Å². The van der Waals surface area contributed by atoms with Crippen LogP contribution in [-0.4, -0.2) is 19.8 Å². The summed E-state index contributed by atoms with van der Waals surface area (Å²) >= 11 is 0. The molecule has 0 saturated carbocycles. The first-order valence-corrected chi connectivity index (χ1v) is 11.8. The third kappa shape index (κ3) is 6.43. The molecule has 168 valence electrons. The number of unbranched alkanes of at least 4 members (excludes halogenated alkanes) is 3. The number of allylic oxidation sites excluding steroid dienone is 1. The number of hydrogen-bond donors (Lipinski definition) is 0. The molecule has 0 saturated heterocycles. The molecule has 1 aliphatic heterocycles. The highest BCUT2D eigenvalue weighted by Gasteiger charge is 2.23. The fraction of sp³-hybridized carbons (Fsp3) is 0.481. The molecule has 0 unspecified atom stereocenters. The van der Waals surface area contributed by atoms with Gasteiger partial charge in [-0.15, -0.1) is 0 Å². The lowest BCUT2D eigenvalue weighted by molar-refractivity contribution is 0.193. The first-order valence-electron chi connectivity index (χ1n) is 11.8. The van der Waals surface area contributed by atoms with E-state index >= 15 is 0 Å². The Labute approximate surface area is 187 Å². The maximum absolute atomic E-state index is 6.34. The van der Waals surface area contributed by atoms with Gasteiger partial charge in [0.2, 0.25) is 0 Å². The van der Waals surface area contributed by atoms with E-state index in [1.165, 1.54) is 0 Å². The molecule has 0 atom stereocenters. The summed E-state index contributed by atoms with van der Waals surface area (Å²) in [6.07, 6.45) is 7.07. The van der Waals surface area contributed by atoms with Gasteiger partial charge in [-0.25, -0.2) is 0 Å². The van der Waals surface area contributed by atoms with Gasteiger partial charge < -0.3 is 18.9 Å². The molecule has 4 heteroatoms. The highest BCUT2D eigenvalue weighted by molar-refractivity contribution is 5.69. The normalized spacial score (nSPS) is 12.9. The van der Waals surface area contributed by atoms with Crippen molar-refractivity contribution in [2.24, 2.45) is 0 Å². The van der Waals surface area contributed by atoms with Crippen LogP contribution in [0.1, 0.15) is 70.4 Å². The summed E-state index contributed by atoms with van der Waals surface area (Å²) in [7, 11) is 0. The zero-order valence-corrected chi connectivity index (χ0v) is 19.2. The molecule has 1 heterocycles. The molecular formula is C27H36O4. The van der Waals surface area contributed by atoms with Crippen LogP contribution in [0.5, 0.6) is 17.2 Å². The zero-order valence-electron chi connectivity index (χ0n) is 19.2. The van der Waals surface area contributed by atoms with E-state index < -0.39 is 0 Å². The molecule has 0 fully saturated rings. The second kappa shape index (κ2) is 12.3. The predicted molar refractivity (Wildman–Crippen MR) is 126 cm³/mol. The lowest BCUT2D eigenvalue weighted by Crippen LogP contribution is -2.13. The van der Waals surface area contributed by atoms with Crippen molar-refractivity contribution in [2.45, 2.75) is 65.7 Å². The van der Waals surface area contributed by atoms with Crippen molar-refractivity contribution < 1.29 is 18.9 Å². The molecule has 31 heavy (non-hydrogen) atoms. The van der Waals surface area contributed by atoms with Crippen LogP contribution in [-0.2, 0) is 11.2 Å². The maximum Gasteiger partial charge on any atom is 0.172 e. The van der Waals surface area contributed by atoms with Crippen LogP contribution in [0.25, 0.3) is 5.76 Å². The van der Waals surface area contributed by atoms with E-state index in [0.717, 1.165) is 84.8 Å². The summed E-state index contributed by atoms with van der Waals surface area (Å²) in [6.45, 7) is 8.55. The van der Waals surface area contributed by atoms with Crippen molar-refractivity contribution in [1.29, 1.82) is 0 Å². The quantitative estimate of drug-likeness (QED) is 0.320. The fourth-order valence-corrected chi connectivity index (χ4v) is 3.38. The van der Waals surface area contributed by atoms with Crippen molar-refractivity contribution in [3.05, 3.63) is 59.4 Å². The second-order valence-electron chi connectivity index (χ2n) is 7.91. The molecule has 2 aromatic rings. The average Bonchev–Trinajstić information content (AvgIpc) is 2.80. The molecular weight excluding hydrogens is 388 g/mol. The largest absolute Gasteiger partial charge is 0.494 e. The van der Waals surface area contributed by atoms with Crippen LogP contribution in [0.2, 0.25) is 0 Å². The van der Waals surface area contributed by atoms with Gasteiger partial charge in [0.25, 0.3) is 0 Å². The second-order valence-corrected chi connectivity index (χ2v) is 7.91. The lowest BCUT2D eigenvalue weighted by atomic mass is 10.0. The minimum absolute atomic E-state index is 0.673. The molecule has 0 bridgehead atoms. The van der Waals surface area contributed by atoms with Crippen molar-refractivity contribution in [3.63, 3.8) is 0 Å². The third-order valence-electron chi connectivity index (χ3n) is 5.28. The summed E-state index contributed by atoms with van der Waals surface area (Å²) in [6, 6.07) is 14.2. The summed E-state index contributed by atoms with van der Waals surface area (Å²) in [4.78, 5) is 0. The molecule has 0 amide bonds. The van der Waals surface area contributed by atoms with Crippen molar-refractivity contribution in [1.82, 2.24) is 0 Å². The van der Waals surface area contributed by atoms with E-state index in [9.17, 15) is 0 Å². The summed E-state index contributed by atoms with van der Waals surface area (Å²) < 4.78 is 24.6. The van der Waals surface area contributed by atoms with Gasteiger partial charge >= 0.3 is 0 Å². The highest BCUT2D eigenvalue weighted by atomic mass is 16.5. The van der Waals surface area contributed by atoms with E-state index in [1.807, 2.05) is 36.4 Å². The molecule has 3 rings (SSSR count). The summed E-state index contributed by atoms with van der Waals surface area (Å²) in [5.74, 6) is 4.10. The first-order chi connectivity index (χ1) is 15.3. The van der Waals surface area contributed by atoms with Gasteiger partial charge in [-0.2, -0.15) is 0 Å². The molecule has 0 spiro atoms. The Kier molecular flexibility index (Phi) is 9.14. The third-order valence-corrected chi connectivity index (χ3v) is 5.28. The number of fused-ring (bicyclic) bond motifs is 1. The molecule has 1 aliphatic rings. The topological polar surface area (TPSA) is 36.9 Å². The van der Waals surface area contributed by atoms with Crippen LogP contribution in [0.3, 0.4) is 0 Å². The SMILES string of the molecule is CCCCOC1=C(c2ccc(OCCCC)c(OCCCC)c2)Oc2ccccc2C1. The predicted octanol–water partition coefficient (Wildman–Crippen LogP) is 7.16. The van der Waals surface area contributed by atoms with E-state index in [-0.39, 0.29) is 0 Å². The first kappa shape index (κ1) is 23.1. The van der Waals surface area contributed by atoms with E-state index in [0.29, 0.717) is 19.8 Å². The Morgan fingerprint density at radius 2 is 1.39 bits per heavy atom. The number of benzene rings is 2. The molecule has 0 aromatic heterocycles. The monoisotopic (exact) mass is 424 g/mol. The Morgan fingerprint density at radius 1 is 0.742 bits per heavy atom. The van der Waals surface area contributed by atoms with Crippen LogP contribution < -0.4 is 14.2 Å². The van der Waals surface area contributed by atoms with Crippen LogP contribution in [0, 0.1) is 0 Å². The number of hydrogen-bond acceptors (Lipinski definition) is 4. The van der Waals surface area contributed by atoms with Gasteiger partial charge in [0, 0.05) is 17.5 Å². The molecule has 0 N–H and O–H groups in total. The van der Waals surface area contributed by atoms with Gasteiger partial charge in [0.05, 0.1) is 19.8 Å². The van der Waals surface area contributed by atoms with Gasteiger partial charge in [-0.1, -0.05) is 58.2 Å². The van der Waals surface area contributed by atoms with Crippen LogP contribution in [0.4, 0.5) is 0 Å². The standard InChI is InChI=1S/C27H36O4/c1-4-7-16-28-24-15-14-22(20-25(24)29-17-8-5-2)27-26(30-18-9-6-3)19-21-12-10-11-13-23(21)31-27/h10-15,20H,4-9,16-19H2,1-3H3. The van der Waals surface area contributed by atoms with E-state index in [4.69, 9.17) is 18.9 Å². The van der Waals surface area contributed by atoms with Gasteiger partial charge in [-0.3, -0.25) is 0 Å². The van der Waals surface area contributed by atoms with Gasteiger partial charge in [-0.05, 0) is 43.5 Å². The molecule has 0 aliphatic carbocycles. The highest BCUT2D eigenvalue weighted by Crippen LogP contribution is 2.38. The Hall–Kier alpha value is -2.62. The minimum Gasteiger partial charge on any atom is -0.494 e. The summed E-state index contributed by atoms with van der Waals surface area (Å²) in [5, 5.41) is 0. The van der Waals surface area contributed by atoms with Crippen molar-refractivity contribution in [3.8, 4) is 17.2 Å².